The first-order chi connectivity index (χ1) is 21.8. The van der Waals surface area contributed by atoms with E-state index in [1.807, 2.05) is 62.6 Å². The van der Waals surface area contributed by atoms with E-state index < -0.39 is 12.0 Å². The Hall–Kier alpha value is -4.01. The summed E-state index contributed by atoms with van der Waals surface area (Å²) >= 11 is 13.1. The molecule has 2 atom stereocenters. The van der Waals surface area contributed by atoms with Gasteiger partial charge in [0.1, 0.15) is 19.0 Å². The molecular formula is C36H38Cl2N4O4. The second kappa shape index (κ2) is 12.3. The van der Waals surface area contributed by atoms with Crippen LogP contribution in [0.2, 0.25) is 10.0 Å². The van der Waals surface area contributed by atoms with Gasteiger partial charge < -0.3 is 15.2 Å². The highest BCUT2D eigenvalue weighted by atomic mass is 35.5. The summed E-state index contributed by atoms with van der Waals surface area (Å²) in [6.07, 6.45) is 4.39. The van der Waals surface area contributed by atoms with Crippen LogP contribution in [0.15, 0.2) is 54.9 Å². The molecule has 0 radical (unpaired) electrons. The number of amides is 2. The van der Waals surface area contributed by atoms with Gasteiger partial charge in [0.15, 0.2) is 0 Å². The predicted molar refractivity (Wildman–Crippen MR) is 181 cm³/mol. The van der Waals surface area contributed by atoms with Gasteiger partial charge in [-0.3, -0.25) is 14.4 Å². The molecule has 1 aromatic heterocycles. The quantitative estimate of drug-likeness (QED) is 0.193. The van der Waals surface area contributed by atoms with Crippen molar-refractivity contribution in [3.63, 3.8) is 0 Å². The van der Waals surface area contributed by atoms with Crippen molar-refractivity contribution < 1.29 is 19.1 Å². The molecule has 2 amide bonds. The van der Waals surface area contributed by atoms with Crippen LogP contribution >= 0.6 is 23.2 Å². The number of halogens is 2. The average molecular weight is 662 g/mol. The van der Waals surface area contributed by atoms with Crippen molar-refractivity contribution in [3.05, 3.63) is 98.3 Å². The van der Waals surface area contributed by atoms with Crippen molar-refractivity contribution in [1.82, 2.24) is 9.78 Å². The van der Waals surface area contributed by atoms with Crippen molar-refractivity contribution in [2.24, 2.45) is 11.7 Å². The minimum absolute atomic E-state index is 0.114. The largest absolute Gasteiger partial charge is 0.490 e. The Morgan fingerprint density at radius 2 is 1.85 bits per heavy atom. The van der Waals surface area contributed by atoms with Crippen LogP contribution in [0, 0.1) is 19.8 Å². The molecule has 0 spiro atoms. The van der Waals surface area contributed by atoms with Crippen molar-refractivity contribution in [1.29, 1.82) is 0 Å². The Kier molecular flexibility index (Phi) is 8.55. The fourth-order valence-electron chi connectivity index (χ4n) is 6.49. The smallest absolute Gasteiger partial charge is 0.414 e. The summed E-state index contributed by atoms with van der Waals surface area (Å²) in [7, 11) is 0. The molecule has 3 aromatic carbocycles. The number of hydrogen-bond donors (Lipinski definition) is 1. The SMILES string of the molecule is Cc1cc(C(C)(C)C)c(Cl)c(Cn2cc(-c3cccc4c3[C@H]3C[C@H]3CN4C(=O)OCCOc3cccc(Cl)c3C)cn2)c1C(N)=O. The number of aromatic nitrogens is 2. The second-order valence-electron chi connectivity index (χ2n) is 13.2. The van der Waals surface area contributed by atoms with Gasteiger partial charge >= 0.3 is 6.09 Å². The van der Waals surface area contributed by atoms with Crippen LogP contribution in [-0.2, 0) is 16.7 Å². The highest BCUT2D eigenvalue weighted by molar-refractivity contribution is 6.33. The zero-order valence-corrected chi connectivity index (χ0v) is 28.2. The van der Waals surface area contributed by atoms with Crippen LogP contribution in [0.3, 0.4) is 0 Å². The number of carbonyl (C=O) groups excluding carboxylic acids is 2. The van der Waals surface area contributed by atoms with E-state index in [1.165, 1.54) is 0 Å². The number of anilines is 1. The van der Waals surface area contributed by atoms with Crippen LogP contribution in [-0.4, -0.2) is 41.5 Å². The fourth-order valence-corrected chi connectivity index (χ4v) is 7.15. The number of rotatable bonds is 8. The lowest BCUT2D eigenvalue weighted by atomic mass is 9.83. The molecule has 0 bridgehead atoms. The first-order valence-electron chi connectivity index (χ1n) is 15.4. The van der Waals surface area contributed by atoms with Crippen LogP contribution in [0.25, 0.3) is 11.1 Å². The lowest BCUT2D eigenvalue weighted by molar-refractivity contribution is 0.0998. The number of primary amides is 1. The lowest BCUT2D eigenvalue weighted by Gasteiger charge is -2.29. The van der Waals surface area contributed by atoms with E-state index in [0.717, 1.165) is 45.5 Å². The van der Waals surface area contributed by atoms with Crippen LogP contribution in [0.1, 0.15) is 71.3 Å². The van der Waals surface area contributed by atoms with Gasteiger partial charge in [0.05, 0.1) is 23.5 Å². The number of fused-ring (bicyclic) bond motifs is 3. The van der Waals surface area contributed by atoms with Gasteiger partial charge in [-0.25, -0.2) is 4.79 Å². The van der Waals surface area contributed by atoms with Gasteiger partial charge in [0.25, 0.3) is 0 Å². The van der Waals surface area contributed by atoms with Gasteiger partial charge in [-0.2, -0.15) is 5.10 Å². The normalized spacial score (nSPS) is 16.9. The summed E-state index contributed by atoms with van der Waals surface area (Å²) in [5.74, 6) is 0.900. The predicted octanol–water partition coefficient (Wildman–Crippen LogP) is 8.06. The van der Waals surface area contributed by atoms with E-state index in [0.29, 0.717) is 45.3 Å². The zero-order valence-electron chi connectivity index (χ0n) is 26.7. The Balaban J connectivity index is 1.23. The third-order valence-corrected chi connectivity index (χ3v) is 9.81. The van der Waals surface area contributed by atoms with Crippen molar-refractivity contribution >= 4 is 40.9 Å². The lowest BCUT2D eigenvalue weighted by Crippen LogP contribution is -2.37. The molecule has 1 aliphatic heterocycles. The molecule has 6 rings (SSSR count). The maximum atomic E-state index is 13.3. The topological polar surface area (TPSA) is 99.7 Å². The summed E-state index contributed by atoms with van der Waals surface area (Å²) in [4.78, 5) is 27.6. The molecule has 0 unspecified atom stereocenters. The Morgan fingerprint density at radius 3 is 2.59 bits per heavy atom. The highest BCUT2D eigenvalue weighted by Gasteiger charge is 2.48. The summed E-state index contributed by atoms with van der Waals surface area (Å²) in [5.41, 5.74) is 13.2. The summed E-state index contributed by atoms with van der Waals surface area (Å²) < 4.78 is 13.3. The fraction of sp³-hybridized carbons (Fsp3) is 0.361. The van der Waals surface area contributed by atoms with E-state index in [-0.39, 0.29) is 25.2 Å². The zero-order chi connectivity index (χ0) is 32.9. The van der Waals surface area contributed by atoms with E-state index in [9.17, 15) is 9.59 Å². The molecule has 1 saturated carbocycles. The summed E-state index contributed by atoms with van der Waals surface area (Å²) in [6, 6.07) is 13.4. The van der Waals surface area contributed by atoms with Crippen molar-refractivity contribution in [2.75, 3.05) is 24.7 Å². The first kappa shape index (κ1) is 32.0. The molecule has 4 aromatic rings. The molecular weight excluding hydrogens is 623 g/mol. The van der Waals surface area contributed by atoms with Gasteiger partial charge in [0, 0.05) is 40.0 Å². The third-order valence-electron chi connectivity index (χ3n) is 8.97. The molecule has 8 nitrogen and oxygen atoms in total. The molecule has 1 aliphatic carbocycles. The van der Waals surface area contributed by atoms with Crippen LogP contribution in [0.5, 0.6) is 5.75 Å². The van der Waals surface area contributed by atoms with Crippen molar-refractivity contribution in [3.8, 4) is 16.9 Å². The number of hydrogen-bond acceptors (Lipinski definition) is 5. The van der Waals surface area contributed by atoms with E-state index in [1.54, 1.807) is 9.58 Å². The minimum Gasteiger partial charge on any atom is -0.490 e. The molecule has 46 heavy (non-hydrogen) atoms. The highest BCUT2D eigenvalue weighted by Crippen LogP contribution is 2.57. The molecule has 1 fully saturated rings. The van der Waals surface area contributed by atoms with Gasteiger partial charge in [-0.15, -0.1) is 0 Å². The first-order valence-corrected chi connectivity index (χ1v) is 16.2. The maximum Gasteiger partial charge on any atom is 0.414 e. The van der Waals surface area contributed by atoms with Gasteiger partial charge in [0.2, 0.25) is 5.91 Å². The van der Waals surface area contributed by atoms with Gasteiger partial charge in [-0.1, -0.05) is 68.2 Å². The van der Waals surface area contributed by atoms with E-state index in [4.69, 9.17) is 38.4 Å². The molecule has 2 heterocycles. The van der Waals surface area contributed by atoms with E-state index >= 15 is 0 Å². The monoisotopic (exact) mass is 660 g/mol. The molecule has 10 heteroatoms. The number of benzene rings is 3. The summed E-state index contributed by atoms with van der Waals surface area (Å²) in [5, 5.41) is 5.82. The number of nitrogens with zero attached hydrogens (tertiary/aromatic N) is 3. The Morgan fingerprint density at radius 1 is 1.09 bits per heavy atom. The number of nitrogens with two attached hydrogens (primary N) is 1. The molecule has 2 aliphatic rings. The number of ether oxygens (including phenoxy) is 2. The Labute approximate surface area is 279 Å². The number of aryl methyl sites for hydroxylation is 1. The standard InChI is InChI=1S/C36H38Cl2N4O4/c1-20-14-27(36(3,4)5)33(38)26(31(20)34(39)43)19-41-17-23(16-40-41)24-8-6-10-29-32(24)25-15-22(25)18-42(29)35(44)46-13-12-45-30-11-7-9-28(37)21(30)2/h6-11,14,16-17,22,25H,12-13,15,18-19H2,1-5H3,(H2,39,43)/t22-,25-/m0/s1. The van der Waals surface area contributed by atoms with E-state index in [2.05, 4.69) is 31.9 Å². The molecule has 240 valence electrons. The average Bonchev–Trinajstić information content (AvgIpc) is 3.65. The maximum absolute atomic E-state index is 13.3. The second-order valence-corrected chi connectivity index (χ2v) is 14.0. The Bertz CT molecular complexity index is 1840. The minimum atomic E-state index is -0.516. The molecule has 2 N–H and O–H groups in total. The van der Waals surface area contributed by atoms with Crippen molar-refractivity contribution in [2.45, 2.75) is 58.9 Å². The van der Waals surface area contributed by atoms with Crippen LogP contribution in [0.4, 0.5) is 10.5 Å². The van der Waals surface area contributed by atoms with Gasteiger partial charge in [-0.05, 0) is 78.0 Å². The van der Waals surface area contributed by atoms with Crippen LogP contribution < -0.4 is 15.4 Å². The third kappa shape index (κ3) is 6.08. The number of carbonyl (C=O) groups is 2. The molecule has 0 saturated heterocycles. The summed E-state index contributed by atoms with van der Waals surface area (Å²) in [6.45, 7) is 11.3.